The van der Waals surface area contributed by atoms with Crippen molar-refractivity contribution in [3.63, 3.8) is 0 Å². The van der Waals surface area contributed by atoms with Crippen molar-refractivity contribution >= 4 is 16.9 Å². The average molecular weight is 523 g/mol. The van der Waals surface area contributed by atoms with Gasteiger partial charge in [-0.05, 0) is 29.8 Å². The number of morpholine rings is 2. The van der Waals surface area contributed by atoms with E-state index in [1.165, 1.54) is 4.57 Å². The van der Waals surface area contributed by atoms with Gasteiger partial charge < -0.3 is 19.1 Å². The predicted octanol–water partition coefficient (Wildman–Crippen LogP) is 4.21. The molecule has 2 aromatic heterocycles. The number of anilines is 1. The van der Waals surface area contributed by atoms with Crippen LogP contribution in [0, 0.1) is 0 Å². The molecule has 0 radical (unpaired) electrons. The monoisotopic (exact) mass is 522 g/mol. The minimum absolute atomic E-state index is 0.0721. The van der Waals surface area contributed by atoms with Crippen LogP contribution in [0.4, 0.5) is 14.6 Å². The highest BCUT2D eigenvalue weighted by Gasteiger charge is 2.23. The van der Waals surface area contributed by atoms with Crippen LogP contribution < -0.4 is 9.64 Å². The highest BCUT2D eigenvalue weighted by atomic mass is 19.3. The van der Waals surface area contributed by atoms with Crippen molar-refractivity contribution in [2.24, 2.45) is 0 Å². The van der Waals surface area contributed by atoms with Gasteiger partial charge in [0.05, 0.1) is 37.5 Å². The number of hydrogen-bond acceptors (Lipinski definition) is 8. The number of fused-ring (bicyclic) bond motifs is 1. The summed E-state index contributed by atoms with van der Waals surface area (Å²) in [5.41, 5.74) is 2.16. The zero-order valence-corrected chi connectivity index (χ0v) is 20.8. The van der Waals surface area contributed by atoms with Crippen molar-refractivity contribution in [2.45, 2.75) is 13.0 Å². The SMILES string of the molecule is FC(F)c1nc2ccccc2n1-c1cc(N2CCOCC2)nc(Oc2ccc(CN3CCOCC3)cc2)n1. The van der Waals surface area contributed by atoms with E-state index in [-0.39, 0.29) is 17.7 Å². The standard InChI is InChI=1S/C27H28F2N6O3/c28-25(29)26-30-21-3-1-2-4-22(21)35(26)24-17-23(34-11-15-37-16-12-34)31-27(32-24)38-20-7-5-19(6-8-20)18-33-9-13-36-14-10-33/h1-8,17,25H,9-16,18H2. The number of nitrogens with zero attached hydrogens (tertiary/aromatic N) is 6. The molecule has 4 aromatic rings. The van der Waals surface area contributed by atoms with Crippen molar-refractivity contribution < 1.29 is 23.0 Å². The molecule has 198 valence electrons. The third-order valence-electron chi connectivity index (χ3n) is 6.67. The molecular formula is C27H28F2N6O3. The number of imidazole rings is 1. The van der Waals surface area contributed by atoms with Gasteiger partial charge in [-0.1, -0.05) is 24.3 Å². The lowest BCUT2D eigenvalue weighted by atomic mass is 10.2. The van der Waals surface area contributed by atoms with E-state index < -0.39 is 6.43 Å². The van der Waals surface area contributed by atoms with E-state index >= 15 is 0 Å². The van der Waals surface area contributed by atoms with E-state index in [1.54, 1.807) is 30.3 Å². The van der Waals surface area contributed by atoms with Crippen LogP contribution in [-0.4, -0.2) is 77.0 Å². The zero-order chi connectivity index (χ0) is 25.9. The fourth-order valence-corrected chi connectivity index (χ4v) is 4.73. The van der Waals surface area contributed by atoms with Gasteiger partial charge in [-0.2, -0.15) is 9.97 Å². The first-order valence-corrected chi connectivity index (χ1v) is 12.7. The van der Waals surface area contributed by atoms with Gasteiger partial charge in [-0.25, -0.2) is 13.8 Å². The van der Waals surface area contributed by atoms with Gasteiger partial charge in [-0.15, -0.1) is 0 Å². The van der Waals surface area contributed by atoms with E-state index in [9.17, 15) is 8.78 Å². The van der Waals surface area contributed by atoms with Crippen LogP contribution in [0.5, 0.6) is 11.8 Å². The van der Waals surface area contributed by atoms with Crippen molar-refractivity contribution in [1.82, 2.24) is 24.4 Å². The lowest BCUT2D eigenvalue weighted by molar-refractivity contribution is 0.0342. The number of para-hydroxylation sites is 2. The lowest BCUT2D eigenvalue weighted by Gasteiger charge is -2.28. The normalized spacial score (nSPS) is 16.9. The van der Waals surface area contributed by atoms with Crippen LogP contribution in [0.3, 0.4) is 0 Å². The Bertz CT molecular complexity index is 1390. The molecule has 0 atom stereocenters. The Morgan fingerprint density at radius 2 is 1.50 bits per heavy atom. The van der Waals surface area contributed by atoms with Crippen molar-refractivity contribution in [2.75, 3.05) is 57.5 Å². The minimum atomic E-state index is -2.78. The van der Waals surface area contributed by atoms with E-state index in [1.807, 2.05) is 29.2 Å². The third kappa shape index (κ3) is 5.31. The Balaban J connectivity index is 1.34. The van der Waals surface area contributed by atoms with Gasteiger partial charge in [0, 0.05) is 38.8 Å². The Morgan fingerprint density at radius 3 is 2.24 bits per heavy atom. The Kier molecular flexibility index (Phi) is 7.12. The molecule has 0 unspecified atom stereocenters. The summed E-state index contributed by atoms with van der Waals surface area (Å²) in [6.07, 6.45) is -2.78. The van der Waals surface area contributed by atoms with Crippen LogP contribution >= 0.6 is 0 Å². The maximum atomic E-state index is 14.1. The molecule has 2 saturated heterocycles. The maximum Gasteiger partial charge on any atom is 0.325 e. The molecule has 6 rings (SSSR count). The second-order valence-electron chi connectivity index (χ2n) is 9.20. The fraction of sp³-hybridized carbons (Fsp3) is 0.370. The zero-order valence-electron chi connectivity index (χ0n) is 20.8. The average Bonchev–Trinajstić information content (AvgIpc) is 3.35. The number of alkyl halides is 2. The van der Waals surface area contributed by atoms with Gasteiger partial charge in [0.2, 0.25) is 0 Å². The summed E-state index contributed by atoms with van der Waals surface area (Å²) in [4.78, 5) is 17.7. The molecule has 0 bridgehead atoms. The molecule has 0 N–H and O–H groups in total. The predicted molar refractivity (Wildman–Crippen MR) is 137 cm³/mol. The topological polar surface area (TPSA) is 77.8 Å². The molecule has 11 heteroatoms. The lowest BCUT2D eigenvalue weighted by Crippen LogP contribution is -2.37. The Labute approximate surface area is 218 Å². The molecule has 2 aliphatic rings. The number of rotatable bonds is 7. The molecule has 2 aliphatic heterocycles. The van der Waals surface area contributed by atoms with Gasteiger partial charge in [0.1, 0.15) is 17.4 Å². The molecule has 4 heterocycles. The molecule has 0 spiro atoms. The van der Waals surface area contributed by atoms with Gasteiger partial charge in [-0.3, -0.25) is 9.47 Å². The quantitative estimate of drug-likeness (QED) is 0.357. The van der Waals surface area contributed by atoms with Crippen molar-refractivity contribution in [3.8, 4) is 17.6 Å². The number of benzene rings is 2. The highest BCUT2D eigenvalue weighted by Crippen LogP contribution is 2.30. The summed E-state index contributed by atoms with van der Waals surface area (Å²) >= 11 is 0. The Hall–Kier alpha value is -3.67. The van der Waals surface area contributed by atoms with Crippen LogP contribution in [-0.2, 0) is 16.0 Å². The van der Waals surface area contributed by atoms with E-state index in [4.69, 9.17) is 14.2 Å². The van der Waals surface area contributed by atoms with Gasteiger partial charge in [0.15, 0.2) is 5.82 Å². The second-order valence-corrected chi connectivity index (χ2v) is 9.20. The van der Waals surface area contributed by atoms with Gasteiger partial charge >= 0.3 is 6.01 Å². The van der Waals surface area contributed by atoms with Crippen LogP contribution in [0.2, 0.25) is 0 Å². The van der Waals surface area contributed by atoms with E-state index in [0.29, 0.717) is 48.9 Å². The summed E-state index contributed by atoms with van der Waals surface area (Å²) in [6, 6.07) is 16.5. The Morgan fingerprint density at radius 1 is 0.816 bits per heavy atom. The summed E-state index contributed by atoms with van der Waals surface area (Å²) in [7, 11) is 0. The smallest absolute Gasteiger partial charge is 0.325 e. The summed E-state index contributed by atoms with van der Waals surface area (Å²) < 4.78 is 46.5. The first kappa shape index (κ1) is 24.7. The van der Waals surface area contributed by atoms with Crippen molar-refractivity contribution in [3.05, 3.63) is 66.0 Å². The third-order valence-corrected chi connectivity index (χ3v) is 6.67. The molecule has 0 amide bonds. The molecule has 9 nitrogen and oxygen atoms in total. The van der Waals surface area contributed by atoms with Crippen LogP contribution in [0.1, 0.15) is 17.8 Å². The van der Waals surface area contributed by atoms with Crippen molar-refractivity contribution in [1.29, 1.82) is 0 Å². The number of halogens is 2. The fourth-order valence-electron chi connectivity index (χ4n) is 4.73. The largest absolute Gasteiger partial charge is 0.424 e. The summed E-state index contributed by atoms with van der Waals surface area (Å²) in [5, 5.41) is 0. The summed E-state index contributed by atoms with van der Waals surface area (Å²) in [5.74, 6) is 1.03. The van der Waals surface area contributed by atoms with Gasteiger partial charge in [0.25, 0.3) is 6.43 Å². The highest BCUT2D eigenvalue weighted by molar-refractivity contribution is 5.78. The minimum Gasteiger partial charge on any atom is -0.424 e. The molecule has 2 fully saturated rings. The number of ether oxygens (including phenoxy) is 3. The van der Waals surface area contributed by atoms with Crippen LogP contribution in [0.25, 0.3) is 16.9 Å². The second kappa shape index (κ2) is 11.0. The number of aromatic nitrogens is 4. The molecule has 0 aliphatic carbocycles. The van der Waals surface area contributed by atoms with E-state index in [2.05, 4.69) is 19.9 Å². The first-order valence-electron chi connectivity index (χ1n) is 12.7. The van der Waals surface area contributed by atoms with E-state index in [0.717, 1.165) is 38.4 Å². The molecule has 0 saturated carbocycles. The first-order chi connectivity index (χ1) is 18.6. The molecule has 2 aromatic carbocycles. The maximum absolute atomic E-state index is 14.1. The molecule has 38 heavy (non-hydrogen) atoms. The van der Waals surface area contributed by atoms with Crippen LogP contribution in [0.15, 0.2) is 54.6 Å². The summed E-state index contributed by atoms with van der Waals surface area (Å²) in [6.45, 7) is 6.50. The molecular weight excluding hydrogens is 494 g/mol. The number of hydrogen-bond donors (Lipinski definition) is 0.